The van der Waals surface area contributed by atoms with Gasteiger partial charge < -0.3 is 4.90 Å². The second-order valence-corrected chi connectivity index (χ2v) is 7.86. The molecule has 0 aliphatic heterocycles. The molecule has 0 bridgehead atoms. The van der Waals surface area contributed by atoms with Crippen molar-refractivity contribution in [2.45, 2.75) is 13.8 Å². The number of hydrogen-bond acceptors (Lipinski definition) is 3. The third kappa shape index (κ3) is 4.27. The molecule has 7 heteroatoms. The lowest BCUT2D eigenvalue weighted by Crippen LogP contribution is -2.26. The lowest BCUT2D eigenvalue weighted by Gasteiger charge is -2.19. The maximum absolute atomic E-state index is 12.7. The summed E-state index contributed by atoms with van der Waals surface area (Å²) in [5.74, 6) is -0.258. The molecular formula is C17H19ClN2O3S. The van der Waals surface area contributed by atoms with Crippen molar-refractivity contribution in [3.05, 3.63) is 58.1 Å². The summed E-state index contributed by atoms with van der Waals surface area (Å²) in [6.07, 6.45) is 1.03. The number of rotatable bonds is 4. The van der Waals surface area contributed by atoms with E-state index in [9.17, 15) is 13.2 Å². The van der Waals surface area contributed by atoms with E-state index in [0.717, 1.165) is 23.1 Å². The highest BCUT2D eigenvalue weighted by Crippen LogP contribution is 2.26. The second kappa shape index (κ2) is 6.83. The summed E-state index contributed by atoms with van der Waals surface area (Å²) in [5, 5.41) is 0.228. The highest BCUT2D eigenvalue weighted by Gasteiger charge is 2.16. The Morgan fingerprint density at radius 2 is 1.75 bits per heavy atom. The lowest BCUT2D eigenvalue weighted by molar-refractivity contribution is 0.0993. The van der Waals surface area contributed by atoms with Crippen LogP contribution in [0.2, 0.25) is 5.02 Å². The van der Waals surface area contributed by atoms with E-state index in [0.29, 0.717) is 5.56 Å². The molecule has 5 nitrogen and oxygen atoms in total. The van der Waals surface area contributed by atoms with Gasteiger partial charge in [0.2, 0.25) is 10.0 Å². The standard InChI is InChI=1S/C17H19ClN2O3S/c1-11-5-7-14(9-12(11)2)20(3)17(21)13-6-8-15(18)16(10-13)19-24(4,22)23/h5-10,19H,1-4H3. The summed E-state index contributed by atoms with van der Waals surface area (Å²) in [5.41, 5.74) is 3.51. The van der Waals surface area contributed by atoms with Gasteiger partial charge in [-0.15, -0.1) is 0 Å². The number of amides is 1. The number of carbonyl (C=O) groups is 1. The quantitative estimate of drug-likeness (QED) is 0.898. The Bertz CT molecular complexity index is 895. The monoisotopic (exact) mass is 366 g/mol. The molecule has 0 radical (unpaired) electrons. The van der Waals surface area contributed by atoms with Gasteiger partial charge in [-0.2, -0.15) is 0 Å². The Kier molecular flexibility index (Phi) is 5.20. The van der Waals surface area contributed by atoms with Crippen LogP contribution in [0.25, 0.3) is 0 Å². The summed E-state index contributed by atoms with van der Waals surface area (Å²) in [4.78, 5) is 14.2. The van der Waals surface area contributed by atoms with Crippen LogP contribution in [-0.4, -0.2) is 27.6 Å². The normalized spacial score (nSPS) is 11.2. The summed E-state index contributed by atoms with van der Waals surface area (Å²) in [6.45, 7) is 3.98. The molecule has 0 aliphatic carbocycles. The Hall–Kier alpha value is -2.05. The highest BCUT2D eigenvalue weighted by molar-refractivity contribution is 7.92. The smallest absolute Gasteiger partial charge is 0.258 e. The molecule has 0 fully saturated rings. The molecule has 0 aromatic heterocycles. The van der Waals surface area contributed by atoms with Gasteiger partial charge in [-0.25, -0.2) is 8.42 Å². The van der Waals surface area contributed by atoms with Gasteiger partial charge in [0.15, 0.2) is 0 Å². The van der Waals surface area contributed by atoms with Crippen molar-refractivity contribution in [1.29, 1.82) is 0 Å². The molecule has 0 saturated heterocycles. The zero-order valence-electron chi connectivity index (χ0n) is 13.9. The molecule has 0 atom stereocenters. The van der Waals surface area contributed by atoms with Gasteiger partial charge >= 0.3 is 0 Å². The third-order valence-electron chi connectivity index (χ3n) is 3.69. The number of benzene rings is 2. The van der Waals surface area contributed by atoms with Gasteiger partial charge in [0.25, 0.3) is 5.91 Å². The number of nitrogens with one attached hydrogen (secondary N) is 1. The molecule has 0 aliphatic rings. The van der Waals surface area contributed by atoms with E-state index in [4.69, 9.17) is 11.6 Å². The largest absolute Gasteiger partial charge is 0.311 e. The zero-order chi connectivity index (χ0) is 18.1. The van der Waals surface area contributed by atoms with Gasteiger partial charge in [0.05, 0.1) is 17.0 Å². The minimum Gasteiger partial charge on any atom is -0.311 e. The van der Waals surface area contributed by atoms with Crippen molar-refractivity contribution in [3.8, 4) is 0 Å². The Balaban J connectivity index is 2.35. The van der Waals surface area contributed by atoms with Crippen LogP contribution in [0.4, 0.5) is 11.4 Å². The number of hydrogen-bond donors (Lipinski definition) is 1. The average Bonchev–Trinajstić information content (AvgIpc) is 2.49. The van der Waals surface area contributed by atoms with E-state index >= 15 is 0 Å². The number of anilines is 2. The molecule has 0 heterocycles. The second-order valence-electron chi connectivity index (χ2n) is 5.70. The predicted molar refractivity (Wildman–Crippen MR) is 98.6 cm³/mol. The molecule has 128 valence electrons. The van der Waals surface area contributed by atoms with E-state index in [-0.39, 0.29) is 16.6 Å². The summed E-state index contributed by atoms with van der Waals surface area (Å²) < 4.78 is 25.1. The minimum atomic E-state index is -3.48. The topological polar surface area (TPSA) is 66.5 Å². The molecule has 0 saturated carbocycles. The van der Waals surface area contributed by atoms with E-state index < -0.39 is 10.0 Å². The van der Waals surface area contributed by atoms with Crippen LogP contribution >= 0.6 is 11.6 Å². The van der Waals surface area contributed by atoms with Crippen molar-refractivity contribution < 1.29 is 13.2 Å². The average molecular weight is 367 g/mol. The highest BCUT2D eigenvalue weighted by atomic mass is 35.5. The first-order chi connectivity index (χ1) is 11.1. The summed E-state index contributed by atoms with van der Waals surface area (Å²) >= 11 is 5.99. The van der Waals surface area contributed by atoms with Crippen molar-refractivity contribution in [2.75, 3.05) is 22.9 Å². The fourth-order valence-corrected chi connectivity index (χ4v) is 2.97. The van der Waals surface area contributed by atoms with Crippen molar-refractivity contribution in [3.63, 3.8) is 0 Å². The Morgan fingerprint density at radius 3 is 2.33 bits per heavy atom. The van der Waals surface area contributed by atoms with Crippen molar-refractivity contribution in [1.82, 2.24) is 0 Å². The first kappa shape index (κ1) is 18.3. The predicted octanol–water partition coefficient (Wildman–Crippen LogP) is 3.60. The molecule has 0 spiro atoms. The minimum absolute atomic E-state index is 0.179. The molecular weight excluding hydrogens is 348 g/mol. The van der Waals surface area contributed by atoms with Gasteiger partial charge in [-0.3, -0.25) is 9.52 Å². The maximum Gasteiger partial charge on any atom is 0.258 e. The molecule has 24 heavy (non-hydrogen) atoms. The van der Waals surface area contributed by atoms with Crippen LogP contribution in [0, 0.1) is 13.8 Å². The van der Waals surface area contributed by atoms with Crippen molar-refractivity contribution in [2.24, 2.45) is 0 Å². The number of nitrogens with zero attached hydrogens (tertiary/aromatic N) is 1. The zero-order valence-corrected chi connectivity index (χ0v) is 15.5. The summed E-state index contributed by atoms with van der Waals surface area (Å²) in [7, 11) is -1.81. The van der Waals surface area contributed by atoms with E-state index in [1.54, 1.807) is 13.1 Å². The molecule has 2 aromatic carbocycles. The number of carbonyl (C=O) groups excluding carboxylic acids is 1. The van der Waals surface area contributed by atoms with E-state index in [1.165, 1.54) is 17.0 Å². The number of sulfonamides is 1. The van der Waals surface area contributed by atoms with E-state index in [1.807, 2.05) is 32.0 Å². The van der Waals surface area contributed by atoms with Crippen LogP contribution in [-0.2, 0) is 10.0 Å². The van der Waals surface area contributed by atoms with Gasteiger partial charge in [0, 0.05) is 18.3 Å². The SMILES string of the molecule is Cc1ccc(N(C)C(=O)c2ccc(Cl)c(NS(C)(=O)=O)c2)cc1C. The first-order valence-electron chi connectivity index (χ1n) is 7.21. The van der Waals surface area contributed by atoms with Crippen LogP contribution in [0.1, 0.15) is 21.5 Å². The maximum atomic E-state index is 12.7. The first-order valence-corrected chi connectivity index (χ1v) is 9.48. The third-order valence-corrected chi connectivity index (χ3v) is 4.61. The van der Waals surface area contributed by atoms with Crippen molar-refractivity contribution >= 4 is 38.9 Å². The molecule has 2 aromatic rings. The van der Waals surface area contributed by atoms with Crippen LogP contribution in [0.3, 0.4) is 0 Å². The summed E-state index contributed by atoms with van der Waals surface area (Å²) in [6, 6.07) is 10.2. The lowest BCUT2D eigenvalue weighted by atomic mass is 10.1. The fraction of sp³-hybridized carbons (Fsp3) is 0.235. The Labute approximate surface area is 147 Å². The van der Waals surface area contributed by atoms with E-state index in [2.05, 4.69) is 4.72 Å². The van der Waals surface area contributed by atoms with Crippen LogP contribution in [0.15, 0.2) is 36.4 Å². The van der Waals surface area contributed by atoms with Gasteiger partial charge in [-0.05, 0) is 55.3 Å². The molecule has 2 rings (SSSR count). The fourth-order valence-electron chi connectivity index (χ4n) is 2.18. The van der Waals surface area contributed by atoms with Crippen LogP contribution in [0.5, 0.6) is 0 Å². The van der Waals surface area contributed by atoms with Gasteiger partial charge in [0.1, 0.15) is 0 Å². The molecule has 1 N–H and O–H groups in total. The Morgan fingerprint density at radius 1 is 1.08 bits per heavy atom. The number of halogens is 1. The molecule has 0 unspecified atom stereocenters. The number of aryl methyl sites for hydroxylation is 2. The molecule has 1 amide bonds. The van der Waals surface area contributed by atoms with Gasteiger partial charge in [-0.1, -0.05) is 17.7 Å². The van der Waals surface area contributed by atoms with Crippen LogP contribution < -0.4 is 9.62 Å².